The van der Waals surface area contributed by atoms with Gasteiger partial charge in [0.15, 0.2) is 0 Å². The highest BCUT2D eigenvalue weighted by Gasteiger charge is 2.14. The van der Waals surface area contributed by atoms with Crippen LogP contribution in [0.3, 0.4) is 0 Å². The quantitative estimate of drug-likeness (QED) is 0.907. The molecule has 0 spiro atoms. The molecule has 1 aromatic heterocycles. The summed E-state index contributed by atoms with van der Waals surface area (Å²) in [5, 5.41) is 18.6. The van der Waals surface area contributed by atoms with Crippen LogP contribution in [-0.2, 0) is 6.54 Å². The minimum absolute atomic E-state index is 0.0794. The number of carbonyl (C=O) groups is 1. The zero-order valence-corrected chi connectivity index (χ0v) is 11.5. The predicted molar refractivity (Wildman–Crippen MR) is 76.6 cm³/mol. The fourth-order valence-corrected chi connectivity index (χ4v) is 2.08. The lowest BCUT2D eigenvalue weighted by molar-refractivity contribution is 0.0696. The van der Waals surface area contributed by atoms with Crippen LogP contribution in [0.15, 0.2) is 29.1 Å². The summed E-state index contributed by atoms with van der Waals surface area (Å²) in [5.41, 5.74) is 0.201. The van der Waals surface area contributed by atoms with Crippen molar-refractivity contribution in [1.29, 1.82) is 5.26 Å². The number of nitrogens with zero attached hydrogens (tertiary/aromatic N) is 2. The topological polar surface area (TPSA) is 92.3 Å². The van der Waals surface area contributed by atoms with Crippen molar-refractivity contribution in [3.8, 4) is 11.8 Å². The zero-order chi connectivity index (χ0) is 15.4. The third-order valence-electron chi connectivity index (χ3n) is 2.98. The number of ether oxygens (including phenoxy) is 1. The normalized spacial score (nSPS) is 10.3. The van der Waals surface area contributed by atoms with Gasteiger partial charge in [-0.15, -0.1) is 0 Å². The molecule has 0 aliphatic heterocycles. The molecule has 6 heteroatoms. The minimum atomic E-state index is -1.07. The summed E-state index contributed by atoms with van der Waals surface area (Å²) in [5.74, 6) is -0.768. The summed E-state index contributed by atoms with van der Waals surface area (Å²) in [4.78, 5) is 23.1. The summed E-state index contributed by atoms with van der Waals surface area (Å²) in [7, 11) is 0. The molecular weight excluding hydrogens is 272 g/mol. The van der Waals surface area contributed by atoms with Crippen LogP contribution in [0.5, 0.6) is 5.75 Å². The molecule has 1 N–H and O–H groups in total. The smallest absolute Gasteiger partial charge is 0.335 e. The monoisotopic (exact) mass is 286 g/mol. The lowest BCUT2D eigenvalue weighted by Crippen LogP contribution is -2.19. The molecule has 0 aliphatic carbocycles. The van der Waals surface area contributed by atoms with Crippen LogP contribution in [-0.4, -0.2) is 22.2 Å². The molecule has 21 heavy (non-hydrogen) atoms. The van der Waals surface area contributed by atoms with E-state index in [4.69, 9.17) is 15.1 Å². The van der Waals surface area contributed by atoms with Crippen molar-refractivity contribution in [1.82, 2.24) is 4.57 Å². The van der Waals surface area contributed by atoms with Crippen LogP contribution in [0.4, 0.5) is 0 Å². The maximum absolute atomic E-state index is 11.9. The van der Waals surface area contributed by atoms with Gasteiger partial charge in [-0.25, -0.2) is 4.79 Å². The number of nitriles is 1. The molecule has 2 rings (SSSR count). The van der Waals surface area contributed by atoms with Crippen molar-refractivity contribution in [2.45, 2.75) is 19.9 Å². The van der Waals surface area contributed by atoms with Gasteiger partial charge in [-0.3, -0.25) is 9.36 Å². The fraction of sp³-hybridized carbons (Fsp3) is 0.267. The third-order valence-corrected chi connectivity index (χ3v) is 2.98. The first kappa shape index (κ1) is 14.6. The molecule has 2 aromatic rings. The maximum atomic E-state index is 11.9. The first-order valence-corrected chi connectivity index (χ1v) is 6.49. The third kappa shape index (κ3) is 2.87. The van der Waals surface area contributed by atoms with E-state index in [1.165, 1.54) is 28.8 Å². The lowest BCUT2D eigenvalue weighted by Gasteiger charge is -2.13. The highest BCUT2D eigenvalue weighted by molar-refractivity contribution is 5.96. The van der Waals surface area contributed by atoms with E-state index in [1.807, 2.05) is 13.0 Å². The Hall–Kier alpha value is -2.81. The van der Waals surface area contributed by atoms with Crippen molar-refractivity contribution < 1.29 is 14.6 Å². The number of hydrogen-bond acceptors (Lipinski definition) is 4. The summed E-state index contributed by atoms with van der Waals surface area (Å²) in [6, 6.07) is 7.63. The number of rotatable bonds is 5. The second-order valence-corrected chi connectivity index (χ2v) is 4.48. The molecule has 0 fully saturated rings. The van der Waals surface area contributed by atoms with Crippen molar-refractivity contribution in [2.24, 2.45) is 0 Å². The summed E-state index contributed by atoms with van der Waals surface area (Å²) < 4.78 is 6.85. The molecule has 1 aromatic carbocycles. The van der Waals surface area contributed by atoms with Crippen molar-refractivity contribution >= 4 is 16.9 Å². The molecular formula is C15H14N2O4. The molecule has 0 bridgehead atoms. The van der Waals surface area contributed by atoms with Crippen LogP contribution >= 0.6 is 0 Å². The SMILES string of the molecule is CCCOc1cc(C(=O)O)cc2ccc(=O)n(CC#N)c12. The Labute approximate surface area is 120 Å². The molecule has 1 heterocycles. The maximum Gasteiger partial charge on any atom is 0.335 e. The van der Waals surface area contributed by atoms with Gasteiger partial charge in [0.1, 0.15) is 12.3 Å². The van der Waals surface area contributed by atoms with Crippen LogP contribution < -0.4 is 10.3 Å². The van der Waals surface area contributed by atoms with Gasteiger partial charge in [0.2, 0.25) is 0 Å². The lowest BCUT2D eigenvalue weighted by atomic mass is 10.1. The number of hydrogen-bond donors (Lipinski definition) is 1. The van der Waals surface area contributed by atoms with Gasteiger partial charge in [0.05, 0.1) is 23.8 Å². The Morgan fingerprint density at radius 1 is 1.43 bits per heavy atom. The van der Waals surface area contributed by atoms with E-state index in [1.54, 1.807) is 0 Å². The molecule has 0 saturated carbocycles. The Kier molecular flexibility index (Phi) is 4.24. The van der Waals surface area contributed by atoms with E-state index in [9.17, 15) is 9.59 Å². The number of pyridine rings is 1. The van der Waals surface area contributed by atoms with Crippen LogP contribution in [0.2, 0.25) is 0 Å². The fourth-order valence-electron chi connectivity index (χ4n) is 2.08. The predicted octanol–water partition coefficient (Wildman–Crippen LogP) is 2.01. The highest BCUT2D eigenvalue weighted by Crippen LogP contribution is 2.27. The summed E-state index contributed by atoms with van der Waals surface area (Å²) in [6.07, 6.45) is 0.744. The standard InChI is InChI=1S/C15H14N2O4/c1-2-7-21-12-9-11(15(19)20)8-10-3-4-13(18)17(6-5-16)14(10)12/h3-4,8-9H,2,6-7H2,1H3,(H,19,20). The Morgan fingerprint density at radius 2 is 2.19 bits per heavy atom. The van der Waals surface area contributed by atoms with Gasteiger partial charge < -0.3 is 9.84 Å². The van der Waals surface area contributed by atoms with Crippen molar-refractivity contribution in [2.75, 3.05) is 6.61 Å². The number of fused-ring (bicyclic) bond motifs is 1. The first-order chi connectivity index (χ1) is 10.1. The zero-order valence-electron chi connectivity index (χ0n) is 11.5. The molecule has 0 radical (unpaired) electrons. The molecule has 0 atom stereocenters. The van der Waals surface area contributed by atoms with E-state index in [0.29, 0.717) is 23.3 Å². The molecule has 0 unspecified atom stereocenters. The van der Waals surface area contributed by atoms with Gasteiger partial charge in [-0.1, -0.05) is 6.92 Å². The highest BCUT2D eigenvalue weighted by atomic mass is 16.5. The molecule has 6 nitrogen and oxygen atoms in total. The van der Waals surface area contributed by atoms with E-state index in [2.05, 4.69) is 0 Å². The minimum Gasteiger partial charge on any atom is -0.491 e. The summed E-state index contributed by atoms with van der Waals surface area (Å²) in [6.45, 7) is 2.20. The van der Waals surface area contributed by atoms with Gasteiger partial charge >= 0.3 is 5.97 Å². The Balaban J connectivity index is 2.79. The van der Waals surface area contributed by atoms with Crippen LogP contribution in [0, 0.1) is 11.3 Å². The number of aromatic carboxylic acids is 1. The molecule has 0 amide bonds. The van der Waals surface area contributed by atoms with Gasteiger partial charge in [-0.05, 0) is 24.6 Å². The molecule has 0 aliphatic rings. The molecule has 0 saturated heterocycles. The van der Waals surface area contributed by atoms with Crippen LogP contribution in [0.1, 0.15) is 23.7 Å². The summed E-state index contributed by atoms with van der Waals surface area (Å²) >= 11 is 0. The first-order valence-electron chi connectivity index (χ1n) is 6.49. The van der Waals surface area contributed by atoms with E-state index in [-0.39, 0.29) is 17.7 Å². The number of aromatic nitrogens is 1. The van der Waals surface area contributed by atoms with E-state index in [0.717, 1.165) is 6.42 Å². The molecule has 108 valence electrons. The van der Waals surface area contributed by atoms with E-state index < -0.39 is 5.97 Å². The van der Waals surface area contributed by atoms with Gasteiger partial charge in [-0.2, -0.15) is 5.26 Å². The van der Waals surface area contributed by atoms with E-state index >= 15 is 0 Å². The number of carboxylic acids is 1. The van der Waals surface area contributed by atoms with Gasteiger partial charge in [0.25, 0.3) is 5.56 Å². The largest absolute Gasteiger partial charge is 0.491 e. The van der Waals surface area contributed by atoms with Crippen molar-refractivity contribution in [3.63, 3.8) is 0 Å². The average Bonchev–Trinajstić information content (AvgIpc) is 2.47. The van der Waals surface area contributed by atoms with Crippen molar-refractivity contribution in [3.05, 3.63) is 40.2 Å². The average molecular weight is 286 g/mol. The second kappa shape index (κ2) is 6.09. The Morgan fingerprint density at radius 3 is 2.81 bits per heavy atom. The number of carboxylic acid groups (broad SMARTS) is 1. The Bertz CT molecular complexity index is 787. The second-order valence-electron chi connectivity index (χ2n) is 4.48. The number of benzene rings is 1. The van der Waals surface area contributed by atoms with Gasteiger partial charge in [0, 0.05) is 11.5 Å². The van der Waals surface area contributed by atoms with Crippen LogP contribution in [0.25, 0.3) is 10.9 Å².